The molecule has 0 aromatic heterocycles. The quantitative estimate of drug-likeness (QED) is 0.526. The van der Waals surface area contributed by atoms with E-state index < -0.39 is 10.0 Å². The van der Waals surface area contributed by atoms with Crippen molar-refractivity contribution >= 4 is 10.0 Å². The summed E-state index contributed by atoms with van der Waals surface area (Å²) in [5, 5.41) is 3.19. The van der Waals surface area contributed by atoms with E-state index >= 15 is 0 Å². The third-order valence-electron chi connectivity index (χ3n) is 2.30. The van der Waals surface area contributed by atoms with Gasteiger partial charge in [0.25, 0.3) is 0 Å². The van der Waals surface area contributed by atoms with Gasteiger partial charge in [-0.1, -0.05) is 6.92 Å². The number of sulfonamides is 1. The molecule has 0 amide bonds. The summed E-state index contributed by atoms with van der Waals surface area (Å²) in [7, 11) is 0.885. The Bertz CT molecular complexity index is 266. The molecule has 0 aliphatic carbocycles. The largest absolute Gasteiger partial charge is 0.317 e. The van der Waals surface area contributed by atoms with Gasteiger partial charge in [-0.25, -0.2) is 13.1 Å². The number of rotatable bonds is 11. The fourth-order valence-electron chi connectivity index (χ4n) is 1.38. The highest BCUT2D eigenvalue weighted by molar-refractivity contribution is 7.89. The summed E-state index contributed by atoms with van der Waals surface area (Å²) in [4.78, 5) is 2.04. The first-order valence-corrected chi connectivity index (χ1v) is 7.96. The predicted octanol–water partition coefficient (Wildman–Crippen LogP) is 0.247. The van der Waals surface area contributed by atoms with Crippen molar-refractivity contribution in [3.05, 3.63) is 0 Å². The van der Waals surface area contributed by atoms with Crippen LogP contribution in [-0.2, 0) is 10.0 Å². The topological polar surface area (TPSA) is 61.4 Å². The average molecular weight is 265 g/mol. The van der Waals surface area contributed by atoms with E-state index in [1.807, 2.05) is 19.0 Å². The van der Waals surface area contributed by atoms with Gasteiger partial charge in [0, 0.05) is 6.54 Å². The molecule has 0 spiro atoms. The molecule has 5 nitrogen and oxygen atoms in total. The Morgan fingerprint density at radius 1 is 1.06 bits per heavy atom. The monoisotopic (exact) mass is 265 g/mol. The summed E-state index contributed by atoms with van der Waals surface area (Å²) in [5.41, 5.74) is 0. The molecule has 104 valence electrons. The Labute approximate surface area is 106 Å². The lowest BCUT2D eigenvalue weighted by atomic mass is 10.4. The van der Waals surface area contributed by atoms with Crippen LogP contribution in [0.3, 0.4) is 0 Å². The van der Waals surface area contributed by atoms with Crippen LogP contribution >= 0.6 is 0 Å². The lowest BCUT2D eigenvalue weighted by Gasteiger charge is -2.10. The molecule has 0 unspecified atom stereocenters. The molecule has 0 saturated heterocycles. The fraction of sp³-hybridized carbons (Fsp3) is 1.00. The summed E-state index contributed by atoms with van der Waals surface area (Å²) >= 11 is 0. The molecule has 0 heterocycles. The Kier molecular flexibility index (Phi) is 9.72. The Morgan fingerprint density at radius 3 is 2.35 bits per heavy atom. The van der Waals surface area contributed by atoms with Gasteiger partial charge in [0.05, 0.1) is 5.75 Å². The maximum absolute atomic E-state index is 11.6. The first kappa shape index (κ1) is 16.8. The minimum atomic E-state index is -3.08. The highest BCUT2D eigenvalue weighted by Gasteiger charge is 2.08. The first-order valence-electron chi connectivity index (χ1n) is 6.30. The van der Waals surface area contributed by atoms with Gasteiger partial charge in [-0.05, 0) is 53.0 Å². The van der Waals surface area contributed by atoms with Crippen molar-refractivity contribution < 1.29 is 8.42 Å². The molecule has 6 heteroatoms. The van der Waals surface area contributed by atoms with Gasteiger partial charge in [-0.2, -0.15) is 0 Å². The summed E-state index contributed by atoms with van der Waals surface area (Å²) in [6.07, 6.45) is 2.60. The SMILES string of the molecule is CCCNCCCS(=O)(=O)NCCCN(C)C. The van der Waals surface area contributed by atoms with Crippen molar-refractivity contribution in [2.24, 2.45) is 0 Å². The average Bonchev–Trinajstić information content (AvgIpc) is 2.24. The molecule has 0 radical (unpaired) electrons. The molecule has 0 bridgehead atoms. The predicted molar refractivity (Wildman–Crippen MR) is 72.7 cm³/mol. The number of nitrogens with one attached hydrogen (secondary N) is 2. The summed E-state index contributed by atoms with van der Waals surface area (Å²) in [5.74, 6) is 0.214. The van der Waals surface area contributed by atoms with Crippen LogP contribution in [0.25, 0.3) is 0 Å². The highest BCUT2D eigenvalue weighted by atomic mass is 32.2. The second-order valence-corrected chi connectivity index (χ2v) is 6.40. The molecule has 0 aromatic carbocycles. The van der Waals surface area contributed by atoms with Crippen molar-refractivity contribution in [2.75, 3.05) is 46.0 Å². The third-order valence-corrected chi connectivity index (χ3v) is 3.77. The fourth-order valence-corrected chi connectivity index (χ4v) is 2.51. The van der Waals surface area contributed by atoms with Gasteiger partial charge < -0.3 is 10.2 Å². The van der Waals surface area contributed by atoms with Crippen LogP contribution in [0.4, 0.5) is 0 Å². The van der Waals surface area contributed by atoms with E-state index in [-0.39, 0.29) is 5.75 Å². The maximum atomic E-state index is 11.6. The Hall–Kier alpha value is -0.170. The van der Waals surface area contributed by atoms with Gasteiger partial charge in [0.1, 0.15) is 0 Å². The summed E-state index contributed by atoms with van der Waals surface area (Å²) < 4.78 is 25.7. The molecule has 0 saturated carbocycles. The minimum absolute atomic E-state index is 0.214. The molecule has 0 atom stereocenters. The lowest BCUT2D eigenvalue weighted by molar-refractivity contribution is 0.400. The molecular formula is C11H27N3O2S. The third kappa shape index (κ3) is 12.1. The van der Waals surface area contributed by atoms with Crippen LogP contribution in [0, 0.1) is 0 Å². The number of nitrogens with zero attached hydrogens (tertiary/aromatic N) is 1. The lowest BCUT2D eigenvalue weighted by Crippen LogP contribution is -2.30. The van der Waals surface area contributed by atoms with Gasteiger partial charge in [0.15, 0.2) is 0 Å². The van der Waals surface area contributed by atoms with E-state index in [9.17, 15) is 8.42 Å². The van der Waals surface area contributed by atoms with Crippen LogP contribution in [0.15, 0.2) is 0 Å². The van der Waals surface area contributed by atoms with Crippen molar-refractivity contribution in [3.8, 4) is 0 Å². The van der Waals surface area contributed by atoms with E-state index in [0.29, 0.717) is 13.0 Å². The first-order chi connectivity index (χ1) is 7.98. The zero-order chi connectivity index (χ0) is 13.1. The van der Waals surface area contributed by atoms with Crippen LogP contribution in [0.1, 0.15) is 26.2 Å². The molecule has 0 rings (SSSR count). The normalized spacial score (nSPS) is 12.2. The van der Waals surface area contributed by atoms with E-state index in [0.717, 1.165) is 32.5 Å². The molecule has 2 N–H and O–H groups in total. The summed E-state index contributed by atoms with van der Waals surface area (Å²) in [6.45, 7) is 5.25. The molecule has 0 fully saturated rings. The molecule has 0 aliphatic heterocycles. The van der Waals surface area contributed by atoms with Crippen molar-refractivity contribution in [3.63, 3.8) is 0 Å². The van der Waals surface area contributed by atoms with Gasteiger partial charge in [-0.15, -0.1) is 0 Å². The second kappa shape index (κ2) is 9.82. The standard InChI is InChI=1S/C11H27N3O2S/c1-4-7-12-8-6-11-17(15,16)13-9-5-10-14(2)3/h12-13H,4-11H2,1-3H3. The van der Waals surface area contributed by atoms with Gasteiger partial charge in [-0.3, -0.25) is 0 Å². The molecule has 0 aromatic rings. The van der Waals surface area contributed by atoms with E-state index in [1.165, 1.54) is 0 Å². The minimum Gasteiger partial charge on any atom is -0.317 e. The number of hydrogen-bond donors (Lipinski definition) is 2. The van der Waals surface area contributed by atoms with E-state index in [1.54, 1.807) is 0 Å². The van der Waals surface area contributed by atoms with E-state index in [2.05, 4.69) is 17.0 Å². The highest BCUT2D eigenvalue weighted by Crippen LogP contribution is 1.90. The molecule has 0 aliphatic rings. The van der Waals surface area contributed by atoms with Gasteiger partial charge >= 0.3 is 0 Å². The van der Waals surface area contributed by atoms with Crippen LogP contribution in [-0.4, -0.2) is 59.3 Å². The maximum Gasteiger partial charge on any atom is 0.211 e. The molecular weight excluding hydrogens is 238 g/mol. The summed E-state index contributed by atoms with van der Waals surface area (Å²) in [6, 6.07) is 0. The van der Waals surface area contributed by atoms with Gasteiger partial charge in [0.2, 0.25) is 10.0 Å². The van der Waals surface area contributed by atoms with Crippen LogP contribution in [0.5, 0.6) is 0 Å². The molecule has 17 heavy (non-hydrogen) atoms. The zero-order valence-electron chi connectivity index (χ0n) is 11.3. The van der Waals surface area contributed by atoms with E-state index in [4.69, 9.17) is 0 Å². The zero-order valence-corrected chi connectivity index (χ0v) is 12.1. The Balaban J connectivity index is 3.52. The van der Waals surface area contributed by atoms with Crippen molar-refractivity contribution in [2.45, 2.75) is 26.2 Å². The number of hydrogen-bond acceptors (Lipinski definition) is 4. The van der Waals surface area contributed by atoms with Crippen LogP contribution in [0.2, 0.25) is 0 Å². The second-order valence-electron chi connectivity index (χ2n) is 4.47. The van der Waals surface area contributed by atoms with Crippen molar-refractivity contribution in [1.29, 1.82) is 0 Å². The Morgan fingerprint density at radius 2 is 1.76 bits per heavy atom. The van der Waals surface area contributed by atoms with Crippen molar-refractivity contribution in [1.82, 2.24) is 14.9 Å². The van der Waals surface area contributed by atoms with Crippen LogP contribution < -0.4 is 10.0 Å². The smallest absolute Gasteiger partial charge is 0.211 e.